The molecular weight excluding hydrogens is 436 g/mol. The molecule has 0 bridgehead atoms. The van der Waals surface area contributed by atoms with Crippen LogP contribution in [-0.4, -0.2) is 17.0 Å². The summed E-state index contributed by atoms with van der Waals surface area (Å²) >= 11 is 3.09. The number of allylic oxidation sites excluding steroid dienone is 1. The fourth-order valence-corrected chi connectivity index (χ4v) is 5.51. The highest BCUT2D eigenvalue weighted by molar-refractivity contribution is 7.14. The molecule has 1 unspecified atom stereocenters. The van der Waals surface area contributed by atoms with E-state index in [1.165, 1.54) is 11.3 Å². The summed E-state index contributed by atoms with van der Waals surface area (Å²) in [5.74, 6) is 1.65. The molecule has 0 amide bonds. The van der Waals surface area contributed by atoms with Crippen molar-refractivity contribution in [3.05, 3.63) is 98.5 Å². The van der Waals surface area contributed by atoms with E-state index in [4.69, 9.17) is 25.9 Å². The second-order valence-electron chi connectivity index (χ2n) is 7.38. The van der Waals surface area contributed by atoms with E-state index in [2.05, 4.69) is 6.08 Å². The number of rotatable bonds is 6. The molecule has 2 aromatic carbocycles. The van der Waals surface area contributed by atoms with Gasteiger partial charge in [0.25, 0.3) is 0 Å². The summed E-state index contributed by atoms with van der Waals surface area (Å²) in [5, 5.41) is 10.7. The fourth-order valence-electron chi connectivity index (χ4n) is 3.65. The molecule has 0 saturated heterocycles. The van der Waals surface area contributed by atoms with Gasteiger partial charge in [-0.15, -0.1) is 22.7 Å². The van der Waals surface area contributed by atoms with Gasteiger partial charge >= 0.3 is 0 Å². The third-order valence-corrected chi connectivity index (χ3v) is 7.32. The number of aliphatic imine (C=N–C) groups is 1. The second-order valence-corrected chi connectivity index (χ2v) is 9.49. The maximum Gasteiger partial charge on any atom is 0.155 e. The Hall–Kier alpha value is -3.55. The van der Waals surface area contributed by atoms with Crippen LogP contribution >= 0.6 is 22.7 Å². The number of ether oxygens (including phenoxy) is 1. The Morgan fingerprint density at radius 2 is 1.81 bits per heavy atom. The van der Waals surface area contributed by atoms with Crippen LogP contribution in [0.1, 0.15) is 20.3 Å². The summed E-state index contributed by atoms with van der Waals surface area (Å²) in [7, 11) is 0. The first kappa shape index (κ1) is 20.4. The molecule has 4 aromatic rings. The zero-order chi connectivity index (χ0) is 22.1. The van der Waals surface area contributed by atoms with Gasteiger partial charge in [0.1, 0.15) is 22.3 Å². The van der Waals surface area contributed by atoms with E-state index in [9.17, 15) is 0 Å². The van der Waals surface area contributed by atoms with Crippen LogP contribution in [0.3, 0.4) is 0 Å². The standard InChI is InChI=1S/C25H20N4OS2/c1-16-20(14-22(32-16)23(26)27)21-15-31-24(29-21)25(12-5-13-28-25)17-8-10-19(11-9-17)30-18-6-3-2-4-7-18/h2-15H,1H3,(H3,26,27). The minimum Gasteiger partial charge on any atom is -0.457 e. The van der Waals surface area contributed by atoms with Crippen LogP contribution in [0.25, 0.3) is 11.3 Å². The van der Waals surface area contributed by atoms with E-state index >= 15 is 0 Å². The predicted octanol–water partition coefficient (Wildman–Crippen LogP) is 6.14. The molecule has 3 heterocycles. The van der Waals surface area contributed by atoms with Crippen molar-refractivity contribution in [1.29, 1.82) is 5.41 Å². The molecule has 32 heavy (non-hydrogen) atoms. The number of para-hydroxylation sites is 1. The molecule has 2 aromatic heterocycles. The number of benzene rings is 2. The van der Waals surface area contributed by atoms with E-state index < -0.39 is 5.54 Å². The van der Waals surface area contributed by atoms with Crippen LogP contribution in [0.5, 0.6) is 11.5 Å². The number of hydrogen-bond donors (Lipinski definition) is 2. The first-order chi connectivity index (χ1) is 15.5. The van der Waals surface area contributed by atoms with Crippen LogP contribution in [0.4, 0.5) is 0 Å². The van der Waals surface area contributed by atoms with Crippen molar-refractivity contribution in [2.45, 2.75) is 12.5 Å². The van der Waals surface area contributed by atoms with E-state index in [-0.39, 0.29) is 5.84 Å². The van der Waals surface area contributed by atoms with Crippen LogP contribution < -0.4 is 10.5 Å². The number of hydrogen-bond acceptors (Lipinski definition) is 6. The number of nitrogens with two attached hydrogens (primary N) is 1. The molecule has 0 spiro atoms. The number of nitrogens with one attached hydrogen (secondary N) is 1. The molecule has 5 nitrogen and oxygen atoms in total. The number of aromatic nitrogens is 1. The van der Waals surface area contributed by atoms with Crippen LogP contribution in [-0.2, 0) is 5.54 Å². The first-order valence-electron chi connectivity index (χ1n) is 10.0. The van der Waals surface area contributed by atoms with Crippen molar-refractivity contribution < 1.29 is 4.74 Å². The van der Waals surface area contributed by atoms with Crippen molar-refractivity contribution in [1.82, 2.24) is 4.98 Å². The van der Waals surface area contributed by atoms with Crippen molar-refractivity contribution >= 4 is 34.7 Å². The van der Waals surface area contributed by atoms with Gasteiger partial charge in [-0.25, -0.2) is 4.98 Å². The lowest BCUT2D eigenvalue weighted by Crippen LogP contribution is -2.20. The van der Waals surface area contributed by atoms with Gasteiger partial charge in [0, 0.05) is 22.0 Å². The van der Waals surface area contributed by atoms with Gasteiger partial charge in [-0.1, -0.05) is 30.3 Å². The fraction of sp³-hybridized carbons (Fsp3) is 0.0800. The third-order valence-electron chi connectivity index (χ3n) is 5.26. The molecule has 1 aliphatic heterocycles. The molecule has 158 valence electrons. The SMILES string of the molecule is Cc1sc(C(=N)N)cc1-c1csc(C2(c3ccc(Oc4ccccc4)cc3)C=CC=N2)n1. The second kappa shape index (κ2) is 8.18. The van der Waals surface area contributed by atoms with E-state index in [1.807, 2.05) is 85.3 Å². The summed E-state index contributed by atoms with van der Waals surface area (Å²) in [5.41, 5.74) is 7.94. The Labute approximate surface area is 194 Å². The van der Waals surface area contributed by atoms with Gasteiger partial charge in [-0.05, 0) is 55.0 Å². The van der Waals surface area contributed by atoms with Crippen LogP contribution in [0.15, 0.2) is 83.2 Å². The Morgan fingerprint density at radius 1 is 1.06 bits per heavy atom. The molecule has 1 atom stereocenters. The number of nitrogen functional groups attached to an aromatic ring is 1. The number of amidine groups is 1. The summed E-state index contributed by atoms with van der Waals surface area (Å²) < 4.78 is 5.94. The van der Waals surface area contributed by atoms with Gasteiger partial charge in [0.05, 0.1) is 10.6 Å². The number of nitrogens with zero attached hydrogens (tertiary/aromatic N) is 2. The van der Waals surface area contributed by atoms with E-state index in [0.29, 0.717) is 0 Å². The molecule has 3 N–H and O–H groups in total. The number of thiazole rings is 1. The summed E-state index contributed by atoms with van der Waals surface area (Å²) in [6.45, 7) is 2.03. The van der Waals surface area contributed by atoms with Crippen molar-refractivity contribution in [3.8, 4) is 22.8 Å². The Bertz CT molecular complexity index is 1320. The van der Waals surface area contributed by atoms with Crippen LogP contribution in [0.2, 0.25) is 0 Å². The molecule has 0 radical (unpaired) electrons. The van der Waals surface area contributed by atoms with Gasteiger partial charge in [0.15, 0.2) is 5.54 Å². The monoisotopic (exact) mass is 456 g/mol. The summed E-state index contributed by atoms with van der Waals surface area (Å²) in [6.07, 6.45) is 5.85. The summed E-state index contributed by atoms with van der Waals surface area (Å²) in [4.78, 5) is 11.6. The Balaban J connectivity index is 1.47. The summed E-state index contributed by atoms with van der Waals surface area (Å²) in [6, 6.07) is 19.7. The maximum atomic E-state index is 7.71. The molecular formula is C25H20N4OS2. The lowest BCUT2D eigenvalue weighted by atomic mass is 9.91. The van der Waals surface area contributed by atoms with Crippen molar-refractivity contribution in [2.24, 2.45) is 10.7 Å². The highest BCUT2D eigenvalue weighted by atomic mass is 32.1. The zero-order valence-electron chi connectivity index (χ0n) is 17.3. The molecule has 1 aliphatic rings. The normalized spacial score (nSPS) is 17.0. The quantitative estimate of drug-likeness (QED) is 0.270. The van der Waals surface area contributed by atoms with E-state index in [0.717, 1.165) is 43.1 Å². The van der Waals surface area contributed by atoms with Crippen molar-refractivity contribution in [3.63, 3.8) is 0 Å². The number of thiophene rings is 1. The average molecular weight is 457 g/mol. The highest BCUT2D eigenvalue weighted by Crippen LogP contribution is 2.42. The molecule has 0 saturated carbocycles. The minimum atomic E-state index is -0.651. The molecule has 5 rings (SSSR count). The van der Waals surface area contributed by atoms with E-state index in [1.54, 1.807) is 11.3 Å². The van der Waals surface area contributed by atoms with Gasteiger partial charge in [-0.3, -0.25) is 10.4 Å². The van der Waals surface area contributed by atoms with Gasteiger partial charge in [0.2, 0.25) is 0 Å². The molecule has 0 aliphatic carbocycles. The Kier molecular flexibility index (Phi) is 5.20. The number of aryl methyl sites for hydroxylation is 1. The maximum absolute atomic E-state index is 7.71. The lowest BCUT2D eigenvalue weighted by molar-refractivity contribution is 0.482. The third kappa shape index (κ3) is 3.66. The van der Waals surface area contributed by atoms with Crippen molar-refractivity contribution in [2.75, 3.05) is 0 Å². The predicted molar refractivity (Wildman–Crippen MR) is 133 cm³/mol. The topological polar surface area (TPSA) is 84.4 Å². The van der Waals surface area contributed by atoms with Gasteiger partial charge in [-0.2, -0.15) is 0 Å². The molecule has 0 fully saturated rings. The lowest BCUT2D eigenvalue weighted by Gasteiger charge is -2.22. The highest BCUT2D eigenvalue weighted by Gasteiger charge is 2.36. The molecule has 7 heteroatoms. The van der Waals surface area contributed by atoms with Gasteiger partial charge < -0.3 is 10.5 Å². The smallest absolute Gasteiger partial charge is 0.155 e. The first-order valence-corrected chi connectivity index (χ1v) is 11.7. The minimum absolute atomic E-state index is 0.0809. The average Bonchev–Trinajstić information content (AvgIpc) is 3.55. The Morgan fingerprint density at radius 3 is 2.47 bits per heavy atom. The zero-order valence-corrected chi connectivity index (χ0v) is 18.9. The largest absolute Gasteiger partial charge is 0.457 e. The van der Waals surface area contributed by atoms with Crippen LogP contribution in [0, 0.1) is 12.3 Å².